The number of carbonyl (C=O) groups excluding carboxylic acids is 1. The third kappa shape index (κ3) is 3.21. The van der Waals surface area contributed by atoms with E-state index in [1.165, 1.54) is 0 Å². The van der Waals surface area contributed by atoms with Crippen molar-refractivity contribution in [3.63, 3.8) is 0 Å². The fourth-order valence-corrected chi connectivity index (χ4v) is 3.20. The van der Waals surface area contributed by atoms with Crippen molar-refractivity contribution < 1.29 is 13.2 Å². The van der Waals surface area contributed by atoms with Gasteiger partial charge in [0.15, 0.2) is 0 Å². The molecule has 100 valence electrons. The van der Waals surface area contributed by atoms with Crippen molar-refractivity contribution in [3.8, 4) is 0 Å². The van der Waals surface area contributed by atoms with E-state index in [1.807, 2.05) is 0 Å². The van der Waals surface area contributed by atoms with E-state index in [-0.39, 0.29) is 4.90 Å². The maximum absolute atomic E-state index is 12.0. The average molecular weight is 271 g/mol. The second-order valence-corrected chi connectivity index (χ2v) is 5.68. The average Bonchev–Trinajstić information content (AvgIpc) is 2.25. The van der Waals surface area contributed by atoms with Crippen LogP contribution in [0.15, 0.2) is 17.0 Å². The standard InChI is InChI=1S/C11H17N3O3S/c1-7-4-9(13-3)5-8(2)11(7)18(16,17)14-6-10(12)15/h4-5,13-14H,6H2,1-3H3,(H2,12,15). The Balaban J connectivity index is 3.20. The molecule has 0 spiro atoms. The first-order valence-corrected chi connectivity index (χ1v) is 6.83. The molecule has 0 fully saturated rings. The summed E-state index contributed by atoms with van der Waals surface area (Å²) in [6.45, 7) is 2.99. The lowest BCUT2D eigenvalue weighted by molar-refractivity contribution is -0.116. The van der Waals surface area contributed by atoms with Crippen molar-refractivity contribution in [1.82, 2.24) is 4.72 Å². The molecule has 1 aromatic carbocycles. The summed E-state index contributed by atoms with van der Waals surface area (Å²) in [4.78, 5) is 10.8. The zero-order valence-electron chi connectivity index (χ0n) is 10.6. The van der Waals surface area contributed by atoms with E-state index in [0.29, 0.717) is 11.1 Å². The van der Waals surface area contributed by atoms with E-state index in [1.54, 1.807) is 33.0 Å². The fraction of sp³-hybridized carbons (Fsp3) is 0.364. The molecule has 0 aromatic heterocycles. The Kier molecular flexibility index (Phi) is 4.31. The Bertz CT molecular complexity index is 544. The number of hydrogen-bond acceptors (Lipinski definition) is 4. The molecule has 0 aliphatic carbocycles. The Morgan fingerprint density at radius 1 is 1.28 bits per heavy atom. The zero-order chi connectivity index (χ0) is 13.9. The number of primary amides is 1. The highest BCUT2D eigenvalue weighted by atomic mass is 32.2. The Hall–Kier alpha value is -1.60. The minimum atomic E-state index is -3.72. The van der Waals surface area contributed by atoms with Gasteiger partial charge in [0.25, 0.3) is 0 Å². The topological polar surface area (TPSA) is 101 Å². The van der Waals surface area contributed by atoms with E-state index < -0.39 is 22.5 Å². The minimum absolute atomic E-state index is 0.183. The van der Waals surface area contributed by atoms with Gasteiger partial charge in [-0.05, 0) is 37.1 Å². The van der Waals surface area contributed by atoms with Crippen LogP contribution in [0.2, 0.25) is 0 Å². The summed E-state index contributed by atoms with van der Waals surface area (Å²) in [7, 11) is -1.96. The number of nitrogens with one attached hydrogen (secondary N) is 2. The molecule has 4 N–H and O–H groups in total. The monoisotopic (exact) mass is 271 g/mol. The number of aryl methyl sites for hydroxylation is 2. The number of benzene rings is 1. The first-order valence-electron chi connectivity index (χ1n) is 5.35. The lowest BCUT2D eigenvalue weighted by Gasteiger charge is -2.13. The van der Waals surface area contributed by atoms with Crippen LogP contribution in [0, 0.1) is 13.8 Å². The highest BCUT2D eigenvalue weighted by Gasteiger charge is 2.20. The quantitative estimate of drug-likeness (QED) is 0.707. The molecular formula is C11H17N3O3S. The predicted octanol–water partition coefficient (Wildman–Crippen LogP) is 0.109. The minimum Gasteiger partial charge on any atom is -0.388 e. The van der Waals surface area contributed by atoms with Crippen LogP contribution in [0.4, 0.5) is 5.69 Å². The van der Waals surface area contributed by atoms with Gasteiger partial charge in [0.05, 0.1) is 11.4 Å². The van der Waals surface area contributed by atoms with E-state index >= 15 is 0 Å². The first-order chi connectivity index (χ1) is 8.27. The number of amides is 1. The van der Waals surface area contributed by atoms with Gasteiger partial charge in [-0.2, -0.15) is 0 Å². The molecule has 0 atom stereocenters. The second kappa shape index (κ2) is 5.36. The largest absolute Gasteiger partial charge is 0.388 e. The van der Waals surface area contributed by atoms with Crippen LogP contribution in [-0.4, -0.2) is 27.9 Å². The summed E-state index contributed by atoms with van der Waals surface area (Å²) in [5.41, 5.74) is 6.97. The Morgan fingerprint density at radius 2 is 1.78 bits per heavy atom. The van der Waals surface area contributed by atoms with E-state index in [4.69, 9.17) is 5.73 Å². The van der Waals surface area contributed by atoms with Crippen molar-refractivity contribution in [2.45, 2.75) is 18.7 Å². The molecule has 1 rings (SSSR count). The van der Waals surface area contributed by atoms with Gasteiger partial charge in [-0.15, -0.1) is 0 Å². The van der Waals surface area contributed by atoms with Crippen LogP contribution in [0.3, 0.4) is 0 Å². The van der Waals surface area contributed by atoms with Crippen molar-refractivity contribution in [1.29, 1.82) is 0 Å². The lowest BCUT2D eigenvalue weighted by Crippen LogP contribution is -2.34. The molecule has 7 heteroatoms. The molecule has 0 bridgehead atoms. The normalized spacial score (nSPS) is 11.3. The summed E-state index contributed by atoms with van der Waals surface area (Å²) in [6, 6.07) is 3.46. The summed E-state index contributed by atoms with van der Waals surface area (Å²) in [6.07, 6.45) is 0. The van der Waals surface area contributed by atoms with E-state index in [2.05, 4.69) is 10.0 Å². The second-order valence-electron chi connectivity index (χ2n) is 3.98. The predicted molar refractivity (Wildman–Crippen MR) is 69.8 cm³/mol. The molecule has 1 amide bonds. The fourth-order valence-electron chi connectivity index (χ4n) is 1.76. The van der Waals surface area contributed by atoms with Crippen molar-refractivity contribution in [2.75, 3.05) is 18.9 Å². The number of rotatable bonds is 5. The molecule has 6 nitrogen and oxygen atoms in total. The summed E-state index contributed by atoms with van der Waals surface area (Å²) in [5, 5.41) is 2.95. The number of nitrogens with two attached hydrogens (primary N) is 1. The van der Waals surface area contributed by atoms with Gasteiger partial charge in [0, 0.05) is 12.7 Å². The zero-order valence-corrected chi connectivity index (χ0v) is 11.4. The van der Waals surface area contributed by atoms with Gasteiger partial charge in [-0.1, -0.05) is 0 Å². The molecule has 0 saturated carbocycles. The van der Waals surface area contributed by atoms with E-state index in [0.717, 1.165) is 5.69 Å². The molecule has 0 aliphatic heterocycles. The first kappa shape index (κ1) is 14.5. The van der Waals surface area contributed by atoms with Crippen molar-refractivity contribution in [3.05, 3.63) is 23.3 Å². The Labute approximate surface area is 107 Å². The number of hydrogen-bond donors (Lipinski definition) is 3. The molecular weight excluding hydrogens is 254 g/mol. The molecule has 0 aliphatic rings. The third-order valence-corrected chi connectivity index (χ3v) is 4.16. The van der Waals surface area contributed by atoms with Gasteiger partial charge >= 0.3 is 0 Å². The molecule has 0 radical (unpaired) electrons. The van der Waals surface area contributed by atoms with E-state index in [9.17, 15) is 13.2 Å². The van der Waals surface area contributed by atoms with Crippen molar-refractivity contribution in [2.24, 2.45) is 5.73 Å². The smallest absolute Gasteiger partial charge is 0.241 e. The highest BCUT2D eigenvalue weighted by molar-refractivity contribution is 7.89. The van der Waals surface area contributed by atoms with Gasteiger partial charge in [0.1, 0.15) is 0 Å². The van der Waals surface area contributed by atoms with Gasteiger partial charge < -0.3 is 11.1 Å². The summed E-state index contributed by atoms with van der Waals surface area (Å²) < 4.78 is 26.2. The maximum Gasteiger partial charge on any atom is 0.241 e. The third-order valence-electron chi connectivity index (χ3n) is 2.45. The number of carbonyl (C=O) groups is 1. The summed E-state index contributed by atoms with van der Waals surface area (Å²) >= 11 is 0. The van der Waals surface area contributed by atoms with Gasteiger partial charge in [-0.3, -0.25) is 4.79 Å². The van der Waals surface area contributed by atoms with Crippen LogP contribution >= 0.6 is 0 Å². The molecule has 0 saturated heterocycles. The maximum atomic E-state index is 12.0. The van der Waals surface area contributed by atoms with Crippen LogP contribution < -0.4 is 15.8 Å². The molecule has 18 heavy (non-hydrogen) atoms. The summed E-state index contributed by atoms with van der Waals surface area (Å²) in [5.74, 6) is -0.722. The number of sulfonamides is 1. The van der Waals surface area contributed by atoms with Crippen LogP contribution in [0.1, 0.15) is 11.1 Å². The SMILES string of the molecule is CNc1cc(C)c(S(=O)(=O)NCC(N)=O)c(C)c1. The van der Waals surface area contributed by atoms with Crippen LogP contribution in [-0.2, 0) is 14.8 Å². The van der Waals surface area contributed by atoms with Gasteiger partial charge in [-0.25, -0.2) is 13.1 Å². The van der Waals surface area contributed by atoms with Crippen LogP contribution in [0.25, 0.3) is 0 Å². The van der Waals surface area contributed by atoms with Crippen LogP contribution in [0.5, 0.6) is 0 Å². The number of anilines is 1. The molecule has 0 unspecified atom stereocenters. The highest BCUT2D eigenvalue weighted by Crippen LogP contribution is 2.23. The van der Waals surface area contributed by atoms with Gasteiger partial charge in [0.2, 0.25) is 15.9 Å². The Morgan fingerprint density at radius 3 is 2.17 bits per heavy atom. The molecule has 1 aromatic rings. The lowest BCUT2D eigenvalue weighted by atomic mass is 10.1. The molecule has 0 heterocycles. The van der Waals surface area contributed by atoms with Crippen molar-refractivity contribution >= 4 is 21.6 Å².